The standard InChI is InChI=1S/C22H30O7/c1-12(2)28-20(24)18-16(23)11-22(5,26)19(21(25)29-13(3)4)17(18)14-8-7-9-15(10-14)27-6/h7-10,12-13,17-19,26H,11H2,1-6H3/t17-,18+,19+,22-/m1/s1. The van der Waals surface area contributed by atoms with Gasteiger partial charge in [0.05, 0.1) is 30.8 Å². The molecule has 0 aromatic heterocycles. The third kappa shape index (κ3) is 5.15. The molecule has 1 fully saturated rings. The van der Waals surface area contributed by atoms with Crippen LogP contribution in [0.25, 0.3) is 0 Å². The smallest absolute Gasteiger partial charge is 0.317 e. The first-order valence-corrected chi connectivity index (χ1v) is 9.78. The zero-order valence-electron chi connectivity index (χ0n) is 17.8. The van der Waals surface area contributed by atoms with Crippen molar-refractivity contribution in [2.45, 2.75) is 64.8 Å². The maximum Gasteiger partial charge on any atom is 0.317 e. The van der Waals surface area contributed by atoms with Crippen LogP contribution < -0.4 is 4.74 Å². The van der Waals surface area contributed by atoms with Gasteiger partial charge in [0, 0.05) is 12.3 Å². The second kappa shape index (κ2) is 8.95. The van der Waals surface area contributed by atoms with Gasteiger partial charge in [0.2, 0.25) is 0 Å². The Morgan fingerprint density at radius 2 is 1.69 bits per heavy atom. The number of carbonyl (C=O) groups excluding carboxylic acids is 3. The maximum atomic E-state index is 13.0. The Hall–Kier alpha value is -2.41. The molecule has 0 amide bonds. The molecule has 1 aliphatic carbocycles. The SMILES string of the molecule is COc1cccc([C@@H]2[C@@H](C(=O)OC(C)C)C(=O)C[C@@](C)(O)[C@@H]2C(=O)OC(C)C)c1. The number of ketones is 1. The summed E-state index contributed by atoms with van der Waals surface area (Å²) in [6, 6.07) is 6.78. The first-order valence-electron chi connectivity index (χ1n) is 9.78. The quantitative estimate of drug-likeness (QED) is 0.573. The molecule has 0 bridgehead atoms. The van der Waals surface area contributed by atoms with Gasteiger partial charge in [0.15, 0.2) is 5.78 Å². The molecule has 29 heavy (non-hydrogen) atoms. The van der Waals surface area contributed by atoms with Gasteiger partial charge in [-0.1, -0.05) is 12.1 Å². The Kier molecular flexibility index (Phi) is 7.06. The highest BCUT2D eigenvalue weighted by Gasteiger charge is 2.57. The number of rotatable bonds is 6. The van der Waals surface area contributed by atoms with E-state index in [1.165, 1.54) is 14.0 Å². The van der Waals surface area contributed by atoms with Gasteiger partial charge in [-0.05, 0) is 52.3 Å². The predicted octanol–water partition coefficient (Wildman–Crippen LogP) is 2.64. The monoisotopic (exact) mass is 406 g/mol. The van der Waals surface area contributed by atoms with Crippen molar-refractivity contribution >= 4 is 17.7 Å². The summed E-state index contributed by atoms with van der Waals surface area (Å²) in [6.45, 7) is 8.20. The van der Waals surface area contributed by atoms with Crippen LogP contribution in [0.2, 0.25) is 0 Å². The summed E-state index contributed by atoms with van der Waals surface area (Å²) in [5.41, 5.74) is -1.15. The topological polar surface area (TPSA) is 99.1 Å². The number of hydrogen-bond donors (Lipinski definition) is 1. The van der Waals surface area contributed by atoms with E-state index >= 15 is 0 Å². The fourth-order valence-electron chi connectivity index (χ4n) is 3.88. The molecule has 1 aliphatic rings. The van der Waals surface area contributed by atoms with Crippen molar-refractivity contribution in [2.24, 2.45) is 11.8 Å². The molecule has 2 rings (SSSR count). The van der Waals surface area contributed by atoms with Gasteiger partial charge in [-0.15, -0.1) is 0 Å². The Morgan fingerprint density at radius 3 is 2.24 bits per heavy atom. The van der Waals surface area contributed by atoms with Gasteiger partial charge in [-0.25, -0.2) is 0 Å². The Morgan fingerprint density at radius 1 is 1.10 bits per heavy atom. The second-order valence-corrected chi connectivity index (χ2v) is 8.23. The number of ether oxygens (including phenoxy) is 3. The predicted molar refractivity (Wildman–Crippen MR) is 105 cm³/mol. The largest absolute Gasteiger partial charge is 0.497 e. The number of methoxy groups -OCH3 is 1. The van der Waals surface area contributed by atoms with E-state index in [9.17, 15) is 19.5 Å². The zero-order valence-corrected chi connectivity index (χ0v) is 17.8. The van der Waals surface area contributed by atoms with Crippen LogP contribution in [0.4, 0.5) is 0 Å². The molecule has 0 aliphatic heterocycles. The number of carbonyl (C=O) groups is 3. The minimum atomic E-state index is -1.68. The van der Waals surface area contributed by atoms with Crippen LogP contribution in [0.3, 0.4) is 0 Å². The van der Waals surface area contributed by atoms with E-state index in [-0.39, 0.29) is 6.42 Å². The van der Waals surface area contributed by atoms with Gasteiger partial charge in [-0.3, -0.25) is 14.4 Å². The number of hydrogen-bond acceptors (Lipinski definition) is 7. The highest BCUT2D eigenvalue weighted by Crippen LogP contribution is 2.47. The summed E-state index contributed by atoms with van der Waals surface area (Å²) >= 11 is 0. The molecule has 0 heterocycles. The van der Waals surface area contributed by atoms with Gasteiger partial charge in [0.25, 0.3) is 0 Å². The number of aliphatic hydroxyl groups is 1. The summed E-state index contributed by atoms with van der Waals surface area (Å²) < 4.78 is 16.0. The number of esters is 2. The minimum absolute atomic E-state index is 0.344. The molecule has 4 atom stereocenters. The van der Waals surface area contributed by atoms with Gasteiger partial charge < -0.3 is 19.3 Å². The molecule has 1 aromatic rings. The summed E-state index contributed by atoms with van der Waals surface area (Å²) in [6.07, 6.45) is -1.18. The molecule has 1 saturated carbocycles. The van der Waals surface area contributed by atoms with Crippen LogP contribution in [0.5, 0.6) is 5.75 Å². The molecule has 0 unspecified atom stereocenters. The van der Waals surface area contributed by atoms with Crippen LogP contribution in [-0.4, -0.2) is 47.7 Å². The number of benzene rings is 1. The highest BCUT2D eigenvalue weighted by atomic mass is 16.5. The Labute approximate surface area is 171 Å². The van der Waals surface area contributed by atoms with Crippen molar-refractivity contribution in [2.75, 3.05) is 7.11 Å². The zero-order chi connectivity index (χ0) is 21.9. The number of Topliss-reactive ketones (excluding diaryl/α,β-unsaturated/α-hetero) is 1. The summed E-state index contributed by atoms with van der Waals surface area (Å²) in [5.74, 6) is -4.63. The molecule has 0 saturated heterocycles. The van der Waals surface area contributed by atoms with Crippen molar-refractivity contribution in [1.29, 1.82) is 0 Å². The fourth-order valence-corrected chi connectivity index (χ4v) is 3.88. The first-order chi connectivity index (χ1) is 13.5. The Bertz CT molecular complexity index is 758. The van der Waals surface area contributed by atoms with E-state index in [0.29, 0.717) is 11.3 Å². The van der Waals surface area contributed by atoms with Gasteiger partial charge >= 0.3 is 11.9 Å². The highest BCUT2D eigenvalue weighted by molar-refractivity contribution is 6.02. The average Bonchev–Trinajstić information content (AvgIpc) is 2.58. The van der Waals surface area contributed by atoms with Crippen LogP contribution in [-0.2, 0) is 23.9 Å². The molecule has 1 aromatic carbocycles. The van der Waals surface area contributed by atoms with Crippen LogP contribution in [0, 0.1) is 11.8 Å². The summed E-state index contributed by atoms with van der Waals surface area (Å²) in [5, 5.41) is 11.0. The maximum absolute atomic E-state index is 13.0. The normalized spacial score (nSPS) is 27.1. The van der Waals surface area contributed by atoms with E-state index in [1.54, 1.807) is 52.0 Å². The lowest BCUT2D eigenvalue weighted by Gasteiger charge is -2.44. The molecule has 0 spiro atoms. The van der Waals surface area contributed by atoms with Crippen LogP contribution >= 0.6 is 0 Å². The van der Waals surface area contributed by atoms with Crippen LogP contribution in [0.15, 0.2) is 24.3 Å². The van der Waals surface area contributed by atoms with E-state index in [0.717, 1.165) is 0 Å². The van der Waals surface area contributed by atoms with Gasteiger partial charge in [-0.2, -0.15) is 0 Å². The van der Waals surface area contributed by atoms with E-state index in [2.05, 4.69) is 0 Å². The summed E-state index contributed by atoms with van der Waals surface area (Å²) in [7, 11) is 1.50. The summed E-state index contributed by atoms with van der Waals surface area (Å²) in [4.78, 5) is 38.8. The van der Waals surface area contributed by atoms with Crippen molar-refractivity contribution in [3.63, 3.8) is 0 Å². The van der Waals surface area contributed by atoms with Crippen molar-refractivity contribution in [3.8, 4) is 5.75 Å². The van der Waals surface area contributed by atoms with Crippen molar-refractivity contribution < 1.29 is 33.7 Å². The molecule has 160 valence electrons. The minimum Gasteiger partial charge on any atom is -0.497 e. The molecular weight excluding hydrogens is 376 g/mol. The second-order valence-electron chi connectivity index (χ2n) is 8.23. The third-order valence-corrected chi connectivity index (χ3v) is 4.96. The van der Waals surface area contributed by atoms with Crippen molar-refractivity contribution in [1.82, 2.24) is 0 Å². The van der Waals surface area contributed by atoms with E-state index in [4.69, 9.17) is 14.2 Å². The third-order valence-electron chi connectivity index (χ3n) is 4.96. The fraction of sp³-hybridized carbons (Fsp3) is 0.591. The lowest BCUT2D eigenvalue weighted by molar-refractivity contribution is -0.176. The van der Waals surface area contributed by atoms with Crippen LogP contribution in [0.1, 0.15) is 52.5 Å². The molecular formula is C22H30O7. The van der Waals surface area contributed by atoms with E-state index < -0.39 is 53.3 Å². The van der Waals surface area contributed by atoms with Gasteiger partial charge in [0.1, 0.15) is 11.7 Å². The van der Waals surface area contributed by atoms with E-state index in [1.807, 2.05) is 0 Å². The van der Waals surface area contributed by atoms with Crippen molar-refractivity contribution in [3.05, 3.63) is 29.8 Å². The molecule has 1 N–H and O–H groups in total. The Balaban J connectivity index is 2.63. The molecule has 7 nitrogen and oxygen atoms in total. The first kappa shape index (κ1) is 22.9. The average molecular weight is 406 g/mol. The lowest BCUT2D eigenvalue weighted by Crippen LogP contribution is -2.55. The molecule has 7 heteroatoms. The lowest BCUT2D eigenvalue weighted by atomic mass is 9.61. The molecule has 0 radical (unpaired) electrons.